The monoisotopic (exact) mass is 370 g/mol. The number of hydrazine groups is 1. The van der Waals surface area contributed by atoms with E-state index in [0.29, 0.717) is 10.6 Å². The molecule has 3 rings (SSSR count). The molecule has 0 aliphatic carbocycles. The molecule has 1 aromatic heterocycles. The van der Waals surface area contributed by atoms with Crippen LogP contribution in [0.4, 0.5) is 4.79 Å². The molecule has 9 heteroatoms. The molecule has 0 spiro atoms. The summed E-state index contributed by atoms with van der Waals surface area (Å²) in [5, 5.41) is 5.66. The van der Waals surface area contributed by atoms with Crippen molar-refractivity contribution >= 4 is 23.8 Å². The Hall–Kier alpha value is -3.62. The van der Waals surface area contributed by atoms with E-state index in [1.54, 1.807) is 37.3 Å². The minimum absolute atomic E-state index is 0.251. The van der Waals surface area contributed by atoms with Crippen molar-refractivity contribution in [2.24, 2.45) is 0 Å². The number of rotatable bonds is 5. The van der Waals surface area contributed by atoms with Crippen LogP contribution in [0, 0.1) is 0 Å². The smallest absolute Gasteiger partial charge is 0.344 e. The minimum atomic E-state index is -1.30. The fraction of sp³-hybridized carbons (Fsp3) is 0.222. The first kappa shape index (κ1) is 18.2. The lowest BCUT2D eigenvalue weighted by Crippen LogP contribution is -2.54. The number of nitrogens with one attached hydrogen (secondary N) is 3. The topological polar surface area (TPSA) is 121 Å². The first-order chi connectivity index (χ1) is 12.8. The summed E-state index contributed by atoms with van der Waals surface area (Å²) >= 11 is 0. The number of carbonyl (C=O) groups excluding carboxylic acids is 4. The largest absolute Gasteiger partial charge is 0.472 e. The van der Waals surface area contributed by atoms with Gasteiger partial charge in [-0.1, -0.05) is 30.3 Å². The number of urea groups is 1. The van der Waals surface area contributed by atoms with Gasteiger partial charge < -0.3 is 15.1 Å². The lowest BCUT2D eigenvalue weighted by atomic mass is 9.92. The van der Waals surface area contributed by atoms with Gasteiger partial charge in [-0.15, -0.1) is 0 Å². The van der Waals surface area contributed by atoms with Gasteiger partial charge in [-0.05, 0) is 25.5 Å². The Morgan fingerprint density at radius 2 is 1.89 bits per heavy atom. The highest BCUT2D eigenvalue weighted by Crippen LogP contribution is 2.27. The Bertz CT molecular complexity index is 880. The van der Waals surface area contributed by atoms with E-state index in [4.69, 9.17) is 4.42 Å². The normalized spacial score (nSPS) is 20.1. The predicted octanol–water partition coefficient (Wildman–Crippen LogP) is 0.896. The lowest BCUT2D eigenvalue weighted by Gasteiger charge is -2.22. The van der Waals surface area contributed by atoms with Gasteiger partial charge in [0.05, 0.1) is 11.8 Å². The number of benzene rings is 1. The van der Waals surface area contributed by atoms with E-state index in [1.807, 2.05) is 0 Å². The average Bonchev–Trinajstić information content (AvgIpc) is 3.26. The standard InChI is InChI=1S/C18H18N4O5/c1-11(19-15(24)12-8-9-27-10-12)14(23)21-22-16(25)18(2,20-17(22)26)13-6-4-3-5-7-13/h3-11H,1-2H3,(H,19,24)(H,20,26)(H,21,23)/t11-,18+/m1/s1. The fourth-order valence-electron chi connectivity index (χ4n) is 2.65. The number of imide groups is 1. The highest BCUT2D eigenvalue weighted by atomic mass is 16.3. The number of amides is 5. The Kier molecular flexibility index (Phi) is 4.68. The van der Waals surface area contributed by atoms with E-state index in [9.17, 15) is 19.2 Å². The van der Waals surface area contributed by atoms with Crippen LogP contribution < -0.4 is 16.1 Å². The van der Waals surface area contributed by atoms with Crippen molar-refractivity contribution < 1.29 is 23.6 Å². The summed E-state index contributed by atoms with van der Waals surface area (Å²) in [5.74, 6) is -1.86. The van der Waals surface area contributed by atoms with Crippen LogP contribution in [0.1, 0.15) is 29.8 Å². The molecular weight excluding hydrogens is 352 g/mol. The molecule has 0 unspecified atom stereocenters. The molecule has 1 fully saturated rings. The summed E-state index contributed by atoms with van der Waals surface area (Å²) in [5.41, 5.74) is 1.79. The molecule has 9 nitrogen and oxygen atoms in total. The van der Waals surface area contributed by atoms with Crippen LogP contribution in [0.3, 0.4) is 0 Å². The van der Waals surface area contributed by atoms with Crippen LogP contribution in [0.5, 0.6) is 0 Å². The molecular formula is C18H18N4O5. The van der Waals surface area contributed by atoms with Crippen molar-refractivity contribution in [3.63, 3.8) is 0 Å². The zero-order chi connectivity index (χ0) is 19.6. The van der Waals surface area contributed by atoms with Gasteiger partial charge in [0.2, 0.25) is 0 Å². The Labute approximate surface area is 154 Å². The number of carbonyl (C=O) groups is 4. The van der Waals surface area contributed by atoms with E-state index >= 15 is 0 Å². The summed E-state index contributed by atoms with van der Waals surface area (Å²) in [6.45, 7) is 2.99. The highest BCUT2D eigenvalue weighted by molar-refractivity contribution is 6.08. The van der Waals surface area contributed by atoms with Crippen molar-refractivity contribution in [1.82, 2.24) is 21.1 Å². The van der Waals surface area contributed by atoms with Gasteiger partial charge in [0, 0.05) is 0 Å². The molecule has 140 valence electrons. The third-order valence-electron chi connectivity index (χ3n) is 4.29. The van der Waals surface area contributed by atoms with Gasteiger partial charge in [-0.3, -0.25) is 19.8 Å². The first-order valence-electron chi connectivity index (χ1n) is 8.18. The number of hydrogen-bond acceptors (Lipinski definition) is 5. The van der Waals surface area contributed by atoms with Crippen molar-refractivity contribution in [2.45, 2.75) is 25.4 Å². The van der Waals surface area contributed by atoms with Crippen LogP contribution in [-0.2, 0) is 15.1 Å². The van der Waals surface area contributed by atoms with Crippen molar-refractivity contribution in [1.29, 1.82) is 0 Å². The molecule has 1 saturated heterocycles. The maximum atomic E-state index is 12.7. The third kappa shape index (κ3) is 3.39. The molecule has 5 amide bonds. The Morgan fingerprint density at radius 1 is 1.19 bits per heavy atom. The lowest BCUT2D eigenvalue weighted by molar-refractivity contribution is -0.139. The van der Waals surface area contributed by atoms with E-state index in [0.717, 1.165) is 0 Å². The van der Waals surface area contributed by atoms with Gasteiger partial charge in [0.15, 0.2) is 0 Å². The fourth-order valence-corrected chi connectivity index (χ4v) is 2.65. The van der Waals surface area contributed by atoms with Gasteiger partial charge in [-0.25, -0.2) is 4.79 Å². The van der Waals surface area contributed by atoms with Gasteiger partial charge in [0.25, 0.3) is 17.7 Å². The van der Waals surface area contributed by atoms with Gasteiger partial charge in [-0.2, -0.15) is 5.01 Å². The molecule has 2 aromatic rings. The van der Waals surface area contributed by atoms with Gasteiger partial charge in [0.1, 0.15) is 17.8 Å². The number of hydrogen-bond donors (Lipinski definition) is 3. The van der Waals surface area contributed by atoms with Gasteiger partial charge >= 0.3 is 6.03 Å². The Morgan fingerprint density at radius 3 is 2.52 bits per heavy atom. The second-order valence-electron chi connectivity index (χ2n) is 6.24. The molecule has 1 aliphatic heterocycles. The molecule has 0 saturated carbocycles. The van der Waals surface area contributed by atoms with Crippen LogP contribution in [-0.4, -0.2) is 34.8 Å². The van der Waals surface area contributed by atoms with E-state index in [1.165, 1.54) is 25.5 Å². The minimum Gasteiger partial charge on any atom is -0.472 e. The molecule has 1 aromatic carbocycles. The van der Waals surface area contributed by atoms with Crippen molar-refractivity contribution in [2.75, 3.05) is 0 Å². The number of nitrogens with zero attached hydrogens (tertiary/aromatic N) is 1. The van der Waals surface area contributed by atoms with Crippen LogP contribution in [0.2, 0.25) is 0 Å². The molecule has 1 aliphatic rings. The van der Waals surface area contributed by atoms with Crippen molar-refractivity contribution in [3.8, 4) is 0 Å². The summed E-state index contributed by atoms with van der Waals surface area (Å²) in [7, 11) is 0. The zero-order valence-electron chi connectivity index (χ0n) is 14.7. The van der Waals surface area contributed by atoms with Crippen molar-refractivity contribution in [3.05, 3.63) is 60.1 Å². The molecule has 0 radical (unpaired) electrons. The summed E-state index contributed by atoms with van der Waals surface area (Å²) < 4.78 is 4.81. The first-order valence-corrected chi connectivity index (χ1v) is 8.18. The van der Waals surface area contributed by atoms with E-state index < -0.39 is 35.3 Å². The van der Waals surface area contributed by atoms with Crippen LogP contribution in [0.25, 0.3) is 0 Å². The zero-order valence-corrected chi connectivity index (χ0v) is 14.7. The maximum Gasteiger partial charge on any atom is 0.344 e. The van der Waals surface area contributed by atoms with E-state index in [-0.39, 0.29) is 5.56 Å². The molecule has 2 heterocycles. The quantitative estimate of drug-likeness (QED) is 0.675. The van der Waals surface area contributed by atoms with Crippen LogP contribution in [0.15, 0.2) is 53.3 Å². The summed E-state index contributed by atoms with van der Waals surface area (Å²) in [6, 6.07) is 8.39. The Balaban J connectivity index is 1.68. The van der Waals surface area contributed by atoms with E-state index in [2.05, 4.69) is 16.1 Å². The predicted molar refractivity (Wildman–Crippen MR) is 93.0 cm³/mol. The summed E-state index contributed by atoms with van der Waals surface area (Å²) in [6.07, 6.45) is 2.57. The highest BCUT2D eigenvalue weighted by Gasteiger charge is 2.50. The second kappa shape index (κ2) is 6.94. The molecule has 2 atom stereocenters. The SMILES string of the molecule is C[C@@H](NC(=O)c1ccoc1)C(=O)NN1C(=O)N[C@@](C)(c2ccccc2)C1=O. The van der Waals surface area contributed by atoms with Crippen LogP contribution >= 0.6 is 0 Å². The maximum absolute atomic E-state index is 12.7. The number of furan rings is 1. The molecule has 0 bridgehead atoms. The second-order valence-corrected chi connectivity index (χ2v) is 6.24. The molecule has 3 N–H and O–H groups in total. The average molecular weight is 370 g/mol. The third-order valence-corrected chi connectivity index (χ3v) is 4.29. The summed E-state index contributed by atoms with van der Waals surface area (Å²) in [4.78, 5) is 49.2. The molecule has 27 heavy (non-hydrogen) atoms.